The number of fused-ring (bicyclic) bond motifs is 1. The van der Waals surface area contributed by atoms with Crippen LogP contribution in [-0.2, 0) is 17.6 Å². The number of nitrogens with one attached hydrogen (secondary N) is 1. The van der Waals surface area contributed by atoms with E-state index in [9.17, 15) is 28.3 Å². The fourth-order valence-electron chi connectivity index (χ4n) is 3.67. The first-order valence-corrected chi connectivity index (χ1v) is 9.86. The van der Waals surface area contributed by atoms with Crippen molar-refractivity contribution in [1.29, 1.82) is 0 Å². The number of halogens is 3. The molecule has 1 amide bonds. The molecule has 0 radical (unpaired) electrons. The molecular formula is C23H20F3N3O3. The van der Waals surface area contributed by atoms with E-state index in [1.165, 1.54) is 0 Å². The third-order valence-electron chi connectivity index (χ3n) is 5.33. The quantitative estimate of drug-likeness (QED) is 0.645. The minimum absolute atomic E-state index is 0.0551. The number of aliphatic hydroxyl groups is 1. The largest absolute Gasteiger partial charge is 0.416 e. The van der Waals surface area contributed by atoms with E-state index in [-0.39, 0.29) is 29.4 Å². The van der Waals surface area contributed by atoms with Gasteiger partial charge in [-0.1, -0.05) is 24.3 Å². The van der Waals surface area contributed by atoms with E-state index in [1.54, 1.807) is 24.4 Å². The standard InChI is InChI=1S/C23H20F3N3O3/c1-13-7-15(5-6-29(13)32)14-3-2-4-16(8-14)19-11-22(31)28-21-10-18(23(24,25)26)17(12-30)9-20(21)27-19/h2-10,13,30,32H,11-12H2,1H3,(H,28,31). The Morgan fingerprint density at radius 1 is 1.22 bits per heavy atom. The topological polar surface area (TPSA) is 85.2 Å². The number of benzene rings is 2. The van der Waals surface area contributed by atoms with Gasteiger partial charge in [0.2, 0.25) is 5.91 Å². The SMILES string of the molecule is CC1C=C(c2cccc(C3=Nc4cc(CO)c(C(F)(F)F)cc4NC(=O)C3)c2)C=CN1O. The third-order valence-corrected chi connectivity index (χ3v) is 5.33. The van der Waals surface area contributed by atoms with Gasteiger partial charge in [0, 0.05) is 6.20 Å². The number of hydrogen-bond acceptors (Lipinski definition) is 5. The fraction of sp³-hybridized carbons (Fsp3) is 0.217. The highest BCUT2D eigenvalue weighted by molar-refractivity contribution is 6.17. The number of aliphatic hydroxyl groups excluding tert-OH is 1. The maximum Gasteiger partial charge on any atom is 0.416 e. The molecule has 9 heteroatoms. The lowest BCUT2D eigenvalue weighted by atomic mass is 9.97. The zero-order chi connectivity index (χ0) is 23.0. The van der Waals surface area contributed by atoms with Gasteiger partial charge in [0.05, 0.1) is 41.7 Å². The number of amides is 1. The van der Waals surface area contributed by atoms with Crippen molar-refractivity contribution < 1.29 is 28.3 Å². The summed E-state index contributed by atoms with van der Waals surface area (Å²) >= 11 is 0. The number of anilines is 1. The number of alkyl halides is 3. The van der Waals surface area contributed by atoms with Crippen LogP contribution in [0.4, 0.5) is 24.5 Å². The summed E-state index contributed by atoms with van der Waals surface area (Å²) in [5, 5.41) is 22.7. The van der Waals surface area contributed by atoms with E-state index in [4.69, 9.17) is 0 Å². The number of aliphatic imine (C=N–C) groups is 1. The summed E-state index contributed by atoms with van der Waals surface area (Å²) < 4.78 is 40.0. The van der Waals surface area contributed by atoms with Crippen LogP contribution in [0.25, 0.3) is 5.57 Å². The number of rotatable bonds is 3. The molecule has 2 aliphatic rings. The summed E-state index contributed by atoms with van der Waals surface area (Å²) in [6.07, 6.45) is 0.385. The molecule has 4 rings (SSSR count). The smallest absolute Gasteiger partial charge is 0.392 e. The van der Waals surface area contributed by atoms with E-state index in [0.717, 1.165) is 28.3 Å². The van der Waals surface area contributed by atoms with E-state index in [0.29, 0.717) is 11.3 Å². The van der Waals surface area contributed by atoms with Crippen molar-refractivity contribution in [2.75, 3.05) is 5.32 Å². The van der Waals surface area contributed by atoms with Crippen molar-refractivity contribution >= 4 is 28.6 Å². The van der Waals surface area contributed by atoms with Crippen LogP contribution in [0.5, 0.6) is 0 Å². The molecule has 0 saturated heterocycles. The molecule has 0 aromatic heterocycles. The highest BCUT2D eigenvalue weighted by atomic mass is 19.4. The lowest BCUT2D eigenvalue weighted by molar-refractivity contribution is -0.138. The first-order valence-electron chi connectivity index (χ1n) is 9.86. The Kier molecular flexibility index (Phi) is 5.62. The van der Waals surface area contributed by atoms with E-state index >= 15 is 0 Å². The van der Waals surface area contributed by atoms with Gasteiger partial charge in [0.25, 0.3) is 0 Å². The van der Waals surface area contributed by atoms with Gasteiger partial charge in [-0.2, -0.15) is 13.2 Å². The predicted molar refractivity (Wildman–Crippen MR) is 113 cm³/mol. The van der Waals surface area contributed by atoms with Crippen LogP contribution in [-0.4, -0.2) is 33.0 Å². The Balaban J connectivity index is 1.77. The van der Waals surface area contributed by atoms with Crippen LogP contribution in [0.15, 0.2) is 59.7 Å². The minimum atomic E-state index is -4.67. The van der Waals surface area contributed by atoms with Crippen LogP contribution < -0.4 is 5.32 Å². The van der Waals surface area contributed by atoms with Gasteiger partial charge in [0.1, 0.15) is 0 Å². The number of nitrogens with zero attached hydrogens (tertiary/aromatic N) is 2. The van der Waals surface area contributed by atoms with Crippen molar-refractivity contribution in [2.24, 2.45) is 4.99 Å². The Hall–Kier alpha value is -3.43. The summed E-state index contributed by atoms with van der Waals surface area (Å²) in [7, 11) is 0. The number of carbonyl (C=O) groups is 1. The summed E-state index contributed by atoms with van der Waals surface area (Å²) in [4.78, 5) is 16.9. The molecule has 0 aliphatic carbocycles. The molecule has 32 heavy (non-hydrogen) atoms. The van der Waals surface area contributed by atoms with Gasteiger partial charge in [-0.25, -0.2) is 0 Å². The lowest BCUT2D eigenvalue weighted by Gasteiger charge is -2.23. The molecule has 3 N–H and O–H groups in total. The van der Waals surface area contributed by atoms with Crippen LogP contribution in [0.2, 0.25) is 0 Å². The Morgan fingerprint density at radius 3 is 2.66 bits per heavy atom. The molecule has 166 valence electrons. The number of carbonyl (C=O) groups excluding carboxylic acids is 1. The summed E-state index contributed by atoms with van der Waals surface area (Å²) in [6.45, 7) is 1.02. The maximum atomic E-state index is 13.3. The molecule has 0 fully saturated rings. The highest BCUT2D eigenvalue weighted by Gasteiger charge is 2.35. The van der Waals surface area contributed by atoms with E-state index < -0.39 is 24.3 Å². The molecular weight excluding hydrogens is 423 g/mol. The normalized spacial score (nSPS) is 18.5. The third kappa shape index (κ3) is 4.30. The van der Waals surface area contributed by atoms with Crippen molar-refractivity contribution in [2.45, 2.75) is 32.2 Å². The van der Waals surface area contributed by atoms with Crippen LogP contribution >= 0.6 is 0 Å². The van der Waals surface area contributed by atoms with Gasteiger partial charge in [-0.15, -0.1) is 0 Å². The van der Waals surface area contributed by atoms with Gasteiger partial charge < -0.3 is 10.4 Å². The van der Waals surface area contributed by atoms with Gasteiger partial charge in [-0.3, -0.25) is 20.1 Å². The van der Waals surface area contributed by atoms with Crippen molar-refractivity contribution in [3.63, 3.8) is 0 Å². The van der Waals surface area contributed by atoms with Gasteiger partial charge >= 0.3 is 6.18 Å². The van der Waals surface area contributed by atoms with Crippen LogP contribution in [0.3, 0.4) is 0 Å². The summed E-state index contributed by atoms with van der Waals surface area (Å²) in [5.41, 5.74) is 1.52. The molecule has 1 unspecified atom stereocenters. The number of hydrogen-bond donors (Lipinski definition) is 3. The molecule has 2 aromatic carbocycles. The zero-order valence-electron chi connectivity index (χ0n) is 17.0. The molecule has 0 spiro atoms. The molecule has 0 bridgehead atoms. The van der Waals surface area contributed by atoms with Gasteiger partial charge in [0.15, 0.2) is 0 Å². The molecule has 6 nitrogen and oxygen atoms in total. The Morgan fingerprint density at radius 2 is 1.97 bits per heavy atom. The first-order chi connectivity index (χ1) is 15.2. The number of hydroxylamine groups is 2. The summed E-state index contributed by atoms with van der Waals surface area (Å²) in [5.74, 6) is -0.487. The van der Waals surface area contributed by atoms with E-state index in [2.05, 4.69) is 10.3 Å². The highest BCUT2D eigenvalue weighted by Crippen LogP contribution is 2.39. The second-order valence-electron chi connectivity index (χ2n) is 7.60. The molecule has 2 aliphatic heterocycles. The molecule has 0 saturated carbocycles. The number of allylic oxidation sites excluding steroid dienone is 2. The predicted octanol–water partition coefficient (Wildman–Crippen LogP) is 4.65. The monoisotopic (exact) mass is 443 g/mol. The average Bonchev–Trinajstić information content (AvgIpc) is 2.91. The average molecular weight is 443 g/mol. The van der Waals surface area contributed by atoms with E-state index in [1.807, 2.05) is 25.1 Å². The molecule has 2 aromatic rings. The molecule has 2 heterocycles. The Bertz CT molecular complexity index is 1170. The first kappa shape index (κ1) is 21.8. The van der Waals surface area contributed by atoms with Crippen molar-refractivity contribution in [3.05, 3.63) is 77.0 Å². The van der Waals surface area contributed by atoms with Crippen molar-refractivity contribution in [3.8, 4) is 0 Å². The maximum absolute atomic E-state index is 13.3. The second kappa shape index (κ2) is 8.25. The lowest BCUT2D eigenvalue weighted by Crippen LogP contribution is -2.24. The zero-order valence-corrected chi connectivity index (χ0v) is 17.0. The summed E-state index contributed by atoms with van der Waals surface area (Å²) in [6, 6.07) is 9.03. The fourth-order valence-corrected chi connectivity index (χ4v) is 3.67. The van der Waals surface area contributed by atoms with Crippen LogP contribution in [0, 0.1) is 0 Å². The minimum Gasteiger partial charge on any atom is -0.392 e. The van der Waals surface area contributed by atoms with Gasteiger partial charge in [-0.05, 0) is 53.5 Å². The van der Waals surface area contributed by atoms with Crippen molar-refractivity contribution in [1.82, 2.24) is 5.06 Å². The molecule has 1 atom stereocenters. The second-order valence-corrected chi connectivity index (χ2v) is 7.60. The Labute approximate surface area is 182 Å². The van der Waals surface area contributed by atoms with Crippen LogP contribution in [0.1, 0.15) is 35.6 Å².